The van der Waals surface area contributed by atoms with Crippen LogP contribution in [-0.4, -0.2) is 10.2 Å². The van der Waals surface area contributed by atoms with E-state index in [1.54, 1.807) is 0 Å². The van der Waals surface area contributed by atoms with E-state index in [1.807, 2.05) is 42.5 Å². The van der Waals surface area contributed by atoms with E-state index in [2.05, 4.69) is 76.9 Å². The Bertz CT molecular complexity index is 1280. The SMILES string of the molecule is C(=C\c1cccc2ccccc12)/c1ccc(-c2nnc(-c3ccccc3)o2)cc1. The summed E-state index contributed by atoms with van der Waals surface area (Å²) in [5.41, 5.74) is 4.14. The van der Waals surface area contributed by atoms with Gasteiger partial charge < -0.3 is 4.42 Å². The molecule has 0 saturated carbocycles. The van der Waals surface area contributed by atoms with Gasteiger partial charge in [-0.1, -0.05) is 84.9 Å². The fourth-order valence-corrected chi connectivity index (χ4v) is 3.36. The Morgan fingerprint density at radius 1 is 0.552 bits per heavy atom. The molecule has 0 amide bonds. The number of hydrogen-bond donors (Lipinski definition) is 0. The van der Waals surface area contributed by atoms with E-state index >= 15 is 0 Å². The van der Waals surface area contributed by atoms with Crippen LogP contribution in [0.4, 0.5) is 0 Å². The number of fused-ring (bicyclic) bond motifs is 1. The summed E-state index contributed by atoms with van der Waals surface area (Å²) in [5.74, 6) is 1.05. The lowest BCUT2D eigenvalue weighted by Crippen LogP contribution is -1.80. The molecule has 5 rings (SSSR count). The molecule has 4 aromatic carbocycles. The van der Waals surface area contributed by atoms with Gasteiger partial charge >= 0.3 is 0 Å². The molecule has 0 aliphatic rings. The molecule has 0 radical (unpaired) electrons. The van der Waals surface area contributed by atoms with Gasteiger partial charge in [0.15, 0.2) is 0 Å². The minimum absolute atomic E-state index is 0.522. The highest BCUT2D eigenvalue weighted by Gasteiger charge is 2.09. The first-order chi connectivity index (χ1) is 14.4. The summed E-state index contributed by atoms with van der Waals surface area (Å²) in [7, 11) is 0. The molecule has 0 unspecified atom stereocenters. The van der Waals surface area contributed by atoms with Gasteiger partial charge in [0.2, 0.25) is 11.8 Å². The molecule has 0 saturated heterocycles. The first-order valence-corrected chi connectivity index (χ1v) is 9.52. The van der Waals surface area contributed by atoms with Gasteiger partial charge in [0, 0.05) is 11.1 Å². The van der Waals surface area contributed by atoms with Gasteiger partial charge in [-0.15, -0.1) is 10.2 Å². The summed E-state index contributed by atoms with van der Waals surface area (Å²) in [5, 5.41) is 10.8. The van der Waals surface area contributed by atoms with E-state index in [0.717, 1.165) is 16.7 Å². The average molecular weight is 374 g/mol. The van der Waals surface area contributed by atoms with Crippen LogP contribution in [0.3, 0.4) is 0 Å². The Labute approximate surface area is 169 Å². The molecule has 0 fully saturated rings. The van der Waals surface area contributed by atoms with Gasteiger partial charge in [-0.2, -0.15) is 0 Å². The molecule has 0 N–H and O–H groups in total. The van der Waals surface area contributed by atoms with Gasteiger partial charge in [0.25, 0.3) is 0 Å². The second-order valence-corrected chi connectivity index (χ2v) is 6.80. The zero-order valence-corrected chi connectivity index (χ0v) is 15.7. The van der Waals surface area contributed by atoms with Crippen LogP contribution in [-0.2, 0) is 0 Å². The van der Waals surface area contributed by atoms with Crippen molar-refractivity contribution in [2.24, 2.45) is 0 Å². The maximum Gasteiger partial charge on any atom is 0.248 e. The predicted octanol–water partition coefficient (Wildman–Crippen LogP) is 6.73. The molecular weight excluding hydrogens is 356 g/mol. The van der Waals surface area contributed by atoms with Gasteiger partial charge in [-0.3, -0.25) is 0 Å². The maximum atomic E-state index is 5.83. The smallest absolute Gasteiger partial charge is 0.248 e. The molecule has 0 aliphatic heterocycles. The van der Waals surface area contributed by atoms with Gasteiger partial charge in [-0.05, 0) is 46.2 Å². The standard InChI is InChI=1S/C26H18N2O/c1-2-8-22(9-3-1)25-27-28-26(29-25)23-17-14-19(15-18-23)13-16-21-11-6-10-20-7-4-5-12-24(20)21/h1-18H/b16-13+. The second kappa shape index (κ2) is 7.56. The molecule has 3 nitrogen and oxygen atoms in total. The summed E-state index contributed by atoms with van der Waals surface area (Å²) in [4.78, 5) is 0. The molecule has 5 aromatic rings. The fraction of sp³-hybridized carbons (Fsp3) is 0. The Morgan fingerprint density at radius 3 is 2.00 bits per heavy atom. The summed E-state index contributed by atoms with van der Waals surface area (Å²) in [6, 6.07) is 32.7. The lowest BCUT2D eigenvalue weighted by Gasteiger charge is -2.02. The van der Waals surface area contributed by atoms with E-state index in [9.17, 15) is 0 Å². The zero-order valence-electron chi connectivity index (χ0n) is 15.7. The first kappa shape index (κ1) is 17.1. The maximum absolute atomic E-state index is 5.83. The van der Waals surface area contributed by atoms with E-state index < -0.39 is 0 Å². The molecule has 1 heterocycles. The molecule has 138 valence electrons. The molecule has 3 heteroatoms. The predicted molar refractivity (Wildman–Crippen MR) is 118 cm³/mol. The topological polar surface area (TPSA) is 38.9 Å². The van der Waals surface area contributed by atoms with Crippen LogP contribution < -0.4 is 0 Å². The minimum atomic E-state index is 0.522. The normalized spacial score (nSPS) is 11.3. The zero-order chi connectivity index (χ0) is 19.5. The van der Waals surface area contributed by atoms with Crippen molar-refractivity contribution in [3.63, 3.8) is 0 Å². The number of aromatic nitrogens is 2. The van der Waals surface area contributed by atoms with Crippen molar-refractivity contribution in [3.8, 4) is 22.9 Å². The van der Waals surface area contributed by atoms with Crippen molar-refractivity contribution >= 4 is 22.9 Å². The molecule has 0 bridgehead atoms. The van der Waals surface area contributed by atoms with Crippen molar-refractivity contribution in [2.75, 3.05) is 0 Å². The lowest BCUT2D eigenvalue weighted by molar-refractivity contribution is 0.584. The molecular formula is C26H18N2O. The third kappa shape index (κ3) is 3.58. The Balaban J connectivity index is 1.38. The molecule has 0 atom stereocenters. The third-order valence-corrected chi connectivity index (χ3v) is 4.88. The van der Waals surface area contributed by atoms with Crippen molar-refractivity contribution in [1.29, 1.82) is 0 Å². The highest BCUT2D eigenvalue weighted by atomic mass is 16.4. The third-order valence-electron chi connectivity index (χ3n) is 4.88. The highest BCUT2D eigenvalue weighted by Crippen LogP contribution is 2.25. The Hall–Kier alpha value is -3.98. The van der Waals surface area contributed by atoms with Crippen LogP contribution in [0, 0.1) is 0 Å². The Kier molecular flexibility index (Phi) is 4.47. The van der Waals surface area contributed by atoms with Crippen molar-refractivity contribution < 1.29 is 4.42 Å². The van der Waals surface area contributed by atoms with Crippen LogP contribution in [0.5, 0.6) is 0 Å². The van der Waals surface area contributed by atoms with Crippen LogP contribution in [0.1, 0.15) is 11.1 Å². The number of hydrogen-bond acceptors (Lipinski definition) is 3. The number of rotatable bonds is 4. The van der Waals surface area contributed by atoms with Crippen LogP contribution in [0.2, 0.25) is 0 Å². The van der Waals surface area contributed by atoms with Crippen molar-refractivity contribution in [2.45, 2.75) is 0 Å². The quantitative estimate of drug-likeness (QED) is 0.327. The summed E-state index contributed by atoms with van der Waals surface area (Å²) >= 11 is 0. The molecule has 0 aliphatic carbocycles. The molecule has 1 aromatic heterocycles. The van der Waals surface area contributed by atoms with E-state index in [0.29, 0.717) is 11.8 Å². The van der Waals surface area contributed by atoms with Crippen LogP contribution >= 0.6 is 0 Å². The molecule has 0 spiro atoms. The lowest BCUT2D eigenvalue weighted by atomic mass is 10.0. The van der Waals surface area contributed by atoms with Crippen LogP contribution in [0.15, 0.2) is 101 Å². The van der Waals surface area contributed by atoms with E-state index in [-0.39, 0.29) is 0 Å². The largest absolute Gasteiger partial charge is 0.416 e. The summed E-state index contributed by atoms with van der Waals surface area (Å²) < 4.78 is 5.83. The van der Waals surface area contributed by atoms with E-state index in [1.165, 1.54) is 16.3 Å². The minimum Gasteiger partial charge on any atom is -0.416 e. The summed E-state index contributed by atoms with van der Waals surface area (Å²) in [6.45, 7) is 0. The second-order valence-electron chi connectivity index (χ2n) is 6.80. The molecule has 29 heavy (non-hydrogen) atoms. The van der Waals surface area contributed by atoms with E-state index in [4.69, 9.17) is 4.42 Å². The number of benzene rings is 4. The van der Waals surface area contributed by atoms with Gasteiger partial charge in [0.05, 0.1) is 0 Å². The average Bonchev–Trinajstić information content (AvgIpc) is 3.29. The van der Waals surface area contributed by atoms with Gasteiger partial charge in [0.1, 0.15) is 0 Å². The Morgan fingerprint density at radius 2 is 1.21 bits per heavy atom. The van der Waals surface area contributed by atoms with Crippen LogP contribution in [0.25, 0.3) is 45.8 Å². The van der Waals surface area contributed by atoms with Gasteiger partial charge in [-0.25, -0.2) is 0 Å². The van der Waals surface area contributed by atoms with Crippen molar-refractivity contribution in [1.82, 2.24) is 10.2 Å². The highest BCUT2D eigenvalue weighted by molar-refractivity contribution is 5.92. The summed E-state index contributed by atoms with van der Waals surface area (Å²) in [6.07, 6.45) is 4.27. The van der Waals surface area contributed by atoms with Crippen molar-refractivity contribution in [3.05, 3.63) is 108 Å². The number of nitrogens with zero attached hydrogens (tertiary/aromatic N) is 2. The first-order valence-electron chi connectivity index (χ1n) is 9.52. The monoisotopic (exact) mass is 374 g/mol. The fourth-order valence-electron chi connectivity index (χ4n) is 3.36.